The number of ketones is 1. The predicted molar refractivity (Wildman–Crippen MR) is 117 cm³/mol. The van der Waals surface area contributed by atoms with Crippen molar-refractivity contribution < 1.29 is 4.79 Å². The summed E-state index contributed by atoms with van der Waals surface area (Å²) in [6.45, 7) is 7.49. The van der Waals surface area contributed by atoms with E-state index in [2.05, 4.69) is 51.1 Å². The van der Waals surface area contributed by atoms with Crippen LogP contribution in [-0.2, 0) is 11.2 Å². The molecule has 0 radical (unpaired) electrons. The van der Waals surface area contributed by atoms with Crippen molar-refractivity contribution in [1.29, 1.82) is 0 Å². The molecular formula is C27H38O. The van der Waals surface area contributed by atoms with Gasteiger partial charge in [0.2, 0.25) is 0 Å². The molecule has 0 heterocycles. The lowest BCUT2D eigenvalue weighted by Gasteiger charge is -2.59. The summed E-state index contributed by atoms with van der Waals surface area (Å²) in [5, 5.41) is 0. The first-order valence-electron chi connectivity index (χ1n) is 11.7. The number of carbonyl (C=O) groups is 1. The molecule has 1 heteroatoms. The molecule has 5 atom stereocenters. The molecule has 3 aliphatic carbocycles. The second kappa shape index (κ2) is 7.81. The van der Waals surface area contributed by atoms with Crippen molar-refractivity contribution in [3.63, 3.8) is 0 Å². The van der Waals surface area contributed by atoms with E-state index in [0.717, 1.165) is 30.6 Å². The van der Waals surface area contributed by atoms with Crippen LogP contribution in [0.5, 0.6) is 0 Å². The summed E-state index contributed by atoms with van der Waals surface area (Å²) in [6, 6.07) is 11.0. The summed E-state index contributed by atoms with van der Waals surface area (Å²) in [7, 11) is 0. The highest BCUT2D eigenvalue weighted by Crippen LogP contribution is 2.63. The van der Waals surface area contributed by atoms with Crippen LogP contribution < -0.4 is 0 Å². The average Bonchev–Trinajstić information content (AvgIpc) is 2.71. The fourth-order valence-electron chi connectivity index (χ4n) is 7.13. The van der Waals surface area contributed by atoms with Gasteiger partial charge < -0.3 is 0 Å². The van der Waals surface area contributed by atoms with Gasteiger partial charge in [0.25, 0.3) is 0 Å². The van der Waals surface area contributed by atoms with Crippen molar-refractivity contribution in [2.24, 2.45) is 28.6 Å². The Morgan fingerprint density at radius 1 is 1.04 bits per heavy atom. The molecule has 1 aromatic carbocycles. The summed E-state index contributed by atoms with van der Waals surface area (Å²) >= 11 is 0. The third kappa shape index (κ3) is 3.51. The number of allylic oxidation sites excluding steroid dienone is 2. The van der Waals surface area contributed by atoms with Crippen LogP contribution in [0.3, 0.4) is 0 Å². The monoisotopic (exact) mass is 378 g/mol. The maximum Gasteiger partial charge on any atom is 0.155 e. The van der Waals surface area contributed by atoms with Gasteiger partial charge in [-0.15, -0.1) is 0 Å². The van der Waals surface area contributed by atoms with Gasteiger partial charge in [0.05, 0.1) is 0 Å². The van der Waals surface area contributed by atoms with Gasteiger partial charge in [-0.05, 0) is 91.6 Å². The van der Waals surface area contributed by atoms with Crippen LogP contribution in [0.1, 0.15) is 84.1 Å². The van der Waals surface area contributed by atoms with Gasteiger partial charge in [-0.2, -0.15) is 0 Å². The lowest BCUT2D eigenvalue weighted by Crippen LogP contribution is -2.50. The Morgan fingerprint density at radius 2 is 1.82 bits per heavy atom. The van der Waals surface area contributed by atoms with Gasteiger partial charge in [0.15, 0.2) is 5.78 Å². The Hall–Kier alpha value is -1.37. The minimum atomic E-state index is 0.295. The molecule has 1 aromatic rings. The molecule has 28 heavy (non-hydrogen) atoms. The standard InChI is InChI=1S/C27H38O/c1-4-26(2)17-16-25-23(14-13-21-19-22(28)15-18-27(21,25)3)24(26)12-8-11-20-9-6-5-7-10-20/h5-7,9-10,19,23-25H,4,8,11-18H2,1-3H3/t23?,24-,25-,26-,27-/m0/s1. The van der Waals surface area contributed by atoms with Crippen LogP contribution in [0.2, 0.25) is 0 Å². The highest BCUT2D eigenvalue weighted by Gasteiger charge is 2.54. The molecule has 0 aliphatic heterocycles. The minimum Gasteiger partial charge on any atom is -0.295 e. The molecule has 1 nitrogen and oxygen atoms in total. The number of carbonyl (C=O) groups excluding carboxylic acids is 1. The van der Waals surface area contributed by atoms with Crippen molar-refractivity contribution >= 4 is 5.78 Å². The highest BCUT2D eigenvalue weighted by molar-refractivity contribution is 5.91. The number of rotatable bonds is 5. The van der Waals surface area contributed by atoms with Crippen LogP contribution >= 0.6 is 0 Å². The molecule has 0 amide bonds. The Kier molecular flexibility index (Phi) is 5.55. The summed E-state index contributed by atoms with van der Waals surface area (Å²) in [5.74, 6) is 2.86. The van der Waals surface area contributed by atoms with E-state index < -0.39 is 0 Å². The zero-order chi connectivity index (χ0) is 19.8. The summed E-state index contributed by atoms with van der Waals surface area (Å²) in [6.07, 6.45) is 14.3. The van der Waals surface area contributed by atoms with Crippen LogP contribution in [0.4, 0.5) is 0 Å². The topological polar surface area (TPSA) is 17.1 Å². The third-order valence-electron chi connectivity index (χ3n) is 9.11. The van der Waals surface area contributed by atoms with E-state index in [4.69, 9.17) is 0 Å². The van der Waals surface area contributed by atoms with Gasteiger partial charge in [-0.25, -0.2) is 0 Å². The van der Waals surface area contributed by atoms with E-state index in [1.165, 1.54) is 62.5 Å². The number of fused-ring (bicyclic) bond motifs is 3. The largest absolute Gasteiger partial charge is 0.295 e. The minimum absolute atomic E-state index is 0.295. The van der Waals surface area contributed by atoms with E-state index in [0.29, 0.717) is 16.6 Å². The molecular weight excluding hydrogens is 340 g/mol. The predicted octanol–water partition coefficient (Wildman–Crippen LogP) is 7.16. The summed E-state index contributed by atoms with van der Waals surface area (Å²) in [4.78, 5) is 12.0. The molecule has 3 aliphatic rings. The molecule has 0 saturated heterocycles. The smallest absolute Gasteiger partial charge is 0.155 e. The van der Waals surface area contributed by atoms with Gasteiger partial charge >= 0.3 is 0 Å². The summed E-state index contributed by atoms with van der Waals surface area (Å²) < 4.78 is 0. The van der Waals surface area contributed by atoms with Gasteiger partial charge in [-0.1, -0.05) is 63.1 Å². The van der Waals surface area contributed by atoms with E-state index in [-0.39, 0.29) is 0 Å². The van der Waals surface area contributed by atoms with E-state index in [1.54, 1.807) is 0 Å². The molecule has 2 saturated carbocycles. The molecule has 2 fully saturated rings. The number of hydrogen-bond donors (Lipinski definition) is 0. The lowest BCUT2D eigenvalue weighted by molar-refractivity contribution is -0.117. The van der Waals surface area contributed by atoms with E-state index in [1.807, 2.05) is 6.08 Å². The van der Waals surface area contributed by atoms with Crippen molar-refractivity contribution in [3.05, 3.63) is 47.5 Å². The van der Waals surface area contributed by atoms with Crippen LogP contribution in [-0.4, -0.2) is 5.78 Å². The maximum absolute atomic E-state index is 12.0. The molecule has 0 aromatic heterocycles. The Bertz CT molecular complexity index is 732. The SMILES string of the molecule is CC[C@@]1(C)CC[C@H]2C(CCC3=CC(=O)CC[C@@]32C)[C@@H]1CCCc1ccccc1. The number of benzene rings is 1. The maximum atomic E-state index is 12.0. The third-order valence-corrected chi connectivity index (χ3v) is 9.11. The normalized spacial score (nSPS) is 37.8. The first-order valence-corrected chi connectivity index (χ1v) is 11.7. The molecule has 4 rings (SSSR count). The fraction of sp³-hybridized carbons (Fsp3) is 0.667. The molecule has 0 bridgehead atoms. The Morgan fingerprint density at radius 3 is 2.57 bits per heavy atom. The average molecular weight is 379 g/mol. The second-order valence-corrected chi connectivity index (χ2v) is 10.4. The second-order valence-electron chi connectivity index (χ2n) is 10.4. The van der Waals surface area contributed by atoms with Gasteiger partial charge in [-0.3, -0.25) is 4.79 Å². The highest BCUT2D eigenvalue weighted by atomic mass is 16.1. The zero-order valence-corrected chi connectivity index (χ0v) is 18.2. The van der Waals surface area contributed by atoms with E-state index in [9.17, 15) is 4.79 Å². The fourth-order valence-corrected chi connectivity index (χ4v) is 7.13. The Labute approximate surface area is 172 Å². The molecule has 0 spiro atoms. The molecule has 0 N–H and O–H groups in total. The lowest BCUT2D eigenvalue weighted by atomic mass is 9.46. The van der Waals surface area contributed by atoms with Crippen molar-refractivity contribution in [2.75, 3.05) is 0 Å². The van der Waals surface area contributed by atoms with E-state index >= 15 is 0 Å². The first kappa shape index (κ1) is 19.9. The van der Waals surface area contributed by atoms with Crippen LogP contribution in [0.25, 0.3) is 0 Å². The first-order chi connectivity index (χ1) is 13.5. The number of aryl methyl sites for hydroxylation is 1. The van der Waals surface area contributed by atoms with Gasteiger partial charge in [0, 0.05) is 6.42 Å². The molecule has 1 unspecified atom stereocenters. The van der Waals surface area contributed by atoms with Crippen molar-refractivity contribution in [3.8, 4) is 0 Å². The zero-order valence-electron chi connectivity index (χ0n) is 18.2. The quantitative estimate of drug-likeness (QED) is 0.531. The summed E-state index contributed by atoms with van der Waals surface area (Å²) in [5.41, 5.74) is 3.77. The van der Waals surface area contributed by atoms with Crippen LogP contribution in [0.15, 0.2) is 42.0 Å². The Balaban J connectivity index is 1.53. The van der Waals surface area contributed by atoms with Crippen molar-refractivity contribution in [2.45, 2.75) is 85.0 Å². The van der Waals surface area contributed by atoms with Gasteiger partial charge in [0.1, 0.15) is 0 Å². The van der Waals surface area contributed by atoms with Crippen LogP contribution in [0, 0.1) is 28.6 Å². The van der Waals surface area contributed by atoms with Crippen molar-refractivity contribution in [1.82, 2.24) is 0 Å². The number of hydrogen-bond acceptors (Lipinski definition) is 1. The molecule has 152 valence electrons.